The van der Waals surface area contributed by atoms with E-state index in [1.54, 1.807) is 0 Å². The van der Waals surface area contributed by atoms with Gasteiger partial charge < -0.3 is 10.6 Å². The second-order valence-corrected chi connectivity index (χ2v) is 6.50. The van der Waals surface area contributed by atoms with Crippen molar-refractivity contribution in [2.24, 2.45) is 0 Å². The molecule has 0 aliphatic rings. The number of aryl methyl sites for hydroxylation is 1. The van der Waals surface area contributed by atoms with Gasteiger partial charge in [-0.05, 0) is 54.3 Å². The molecule has 0 fully saturated rings. The van der Waals surface area contributed by atoms with Gasteiger partial charge >= 0.3 is 0 Å². The molecule has 0 saturated heterocycles. The third kappa shape index (κ3) is 4.60. The van der Waals surface area contributed by atoms with E-state index < -0.39 is 0 Å². The molecule has 0 radical (unpaired) electrons. The minimum Gasteiger partial charge on any atom is -0.376 e. The van der Waals surface area contributed by atoms with Crippen molar-refractivity contribution >= 4 is 33.2 Å². The van der Waals surface area contributed by atoms with Gasteiger partial charge in [0.25, 0.3) is 0 Å². The number of halogens is 1. The lowest BCUT2D eigenvalue weighted by molar-refractivity contribution is -0.114. The summed E-state index contributed by atoms with van der Waals surface area (Å²) in [5.41, 5.74) is 4.14. The largest absolute Gasteiger partial charge is 0.376 e. The summed E-state index contributed by atoms with van der Waals surface area (Å²) in [6, 6.07) is 13.9. The van der Waals surface area contributed by atoms with E-state index in [1.807, 2.05) is 37.3 Å². The first-order chi connectivity index (χ1) is 10.5. The lowest BCUT2D eigenvalue weighted by Crippen LogP contribution is -2.21. The van der Waals surface area contributed by atoms with Gasteiger partial charge in [-0.3, -0.25) is 4.79 Å². The monoisotopic (exact) mass is 360 g/mol. The highest BCUT2D eigenvalue weighted by molar-refractivity contribution is 9.10. The smallest absolute Gasteiger partial charge is 0.243 e. The summed E-state index contributed by atoms with van der Waals surface area (Å²) >= 11 is 3.45. The molecule has 116 valence electrons. The van der Waals surface area contributed by atoms with Crippen molar-refractivity contribution in [3.05, 3.63) is 58.1 Å². The molecule has 0 atom stereocenters. The maximum atomic E-state index is 12.0. The maximum Gasteiger partial charge on any atom is 0.243 e. The molecule has 1 amide bonds. The standard InChI is InChI=1S/C18H21BrN2O/c1-12(2)14-4-6-15(7-5-14)20-11-18(22)21-16-8-9-17(19)13(3)10-16/h4-10,12,20H,11H2,1-3H3,(H,21,22). The van der Waals surface area contributed by atoms with Crippen LogP contribution in [0.5, 0.6) is 0 Å². The first-order valence-electron chi connectivity index (χ1n) is 7.35. The van der Waals surface area contributed by atoms with E-state index in [-0.39, 0.29) is 12.5 Å². The van der Waals surface area contributed by atoms with Gasteiger partial charge in [0.05, 0.1) is 6.54 Å². The molecule has 0 heterocycles. The van der Waals surface area contributed by atoms with Crippen LogP contribution < -0.4 is 10.6 Å². The maximum absolute atomic E-state index is 12.0. The molecule has 0 aromatic heterocycles. The van der Waals surface area contributed by atoms with Crippen molar-refractivity contribution in [1.29, 1.82) is 0 Å². The minimum atomic E-state index is -0.0605. The van der Waals surface area contributed by atoms with Gasteiger partial charge in [0.15, 0.2) is 0 Å². The number of amides is 1. The van der Waals surface area contributed by atoms with Crippen LogP contribution in [0.25, 0.3) is 0 Å². The Balaban J connectivity index is 1.88. The fraction of sp³-hybridized carbons (Fsp3) is 0.278. The molecule has 0 aliphatic carbocycles. The minimum absolute atomic E-state index is 0.0605. The zero-order valence-corrected chi connectivity index (χ0v) is 14.7. The Kier molecular flexibility index (Phi) is 5.61. The van der Waals surface area contributed by atoms with Crippen LogP contribution in [0.15, 0.2) is 46.9 Å². The Morgan fingerprint density at radius 3 is 2.32 bits per heavy atom. The van der Waals surface area contributed by atoms with Crippen LogP contribution in [0, 0.1) is 6.92 Å². The molecule has 0 saturated carbocycles. The summed E-state index contributed by atoms with van der Waals surface area (Å²) in [5.74, 6) is 0.452. The van der Waals surface area contributed by atoms with Crippen LogP contribution in [-0.2, 0) is 4.79 Å². The summed E-state index contributed by atoms with van der Waals surface area (Å²) in [6.07, 6.45) is 0. The van der Waals surface area contributed by atoms with Gasteiger partial charge in [0.1, 0.15) is 0 Å². The zero-order chi connectivity index (χ0) is 16.1. The van der Waals surface area contributed by atoms with Gasteiger partial charge in [-0.15, -0.1) is 0 Å². The van der Waals surface area contributed by atoms with E-state index in [1.165, 1.54) is 5.56 Å². The third-order valence-electron chi connectivity index (χ3n) is 3.47. The number of anilines is 2. The van der Waals surface area contributed by atoms with E-state index in [0.717, 1.165) is 21.4 Å². The molecule has 2 N–H and O–H groups in total. The number of rotatable bonds is 5. The number of benzene rings is 2. The quantitative estimate of drug-likeness (QED) is 0.793. The lowest BCUT2D eigenvalue weighted by Gasteiger charge is -2.10. The summed E-state index contributed by atoms with van der Waals surface area (Å²) < 4.78 is 1.04. The molecular formula is C18H21BrN2O. The van der Waals surface area contributed by atoms with Gasteiger partial charge in [-0.1, -0.05) is 41.9 Å². The zero-order valence-electron chi connectivity index (χ0n) is 13.1. The first kappa shape index (κ1) is 16.6. The molecule has 2 aromatic rings. The van der Waals surface area contributed by atoms with Gasteiger partial charge in [0, 0.05) is 15.8 Å². The van der Waals surface area contributed by atoms with Crippen LogP contribution in [-0.4, -0.2) is 12.5 Å². The second kappa shape index (κ2) is 7.45. The Labute approximate surface area is 140 Å². The Bertz CT molecular complexity index is 651. The van der Waals surface area contributed by atoms with Crippen molar-refractivity contribution in [3.8, 4) is 0 Å². The number of carbonyl (C=O) groups excluding carboxylic acids is 1. The highest BCUT2D eigenvalue weighted by Gasteiger charge is 2.04. The summed E-state index contributed by atoms with van der Waals surface area (Å²) in [6.45, 7) is 6.57. The van der Waals surface area contributed by atoms with Crippen molar-refractivity contribution in [2.45, 2.75) is 26.7 Å². The number of nitrogens with one attached hydrogen (secondary N) is 2. The number of hydrogen-bond acceptors (Lipinski definition) is 2. The summed E-state index contributed by atoms with van der Waals surface area (Å²) in [5, 5.41) is 6.02. The SMILES string of the molecule is Cc1cc(NC(=O)CNc2ccc(C(C)C)cc2)ccc1Br. The van der Waals surface area contributed by atoms with E-state index >= 15 is 0 Å². The molecule has 2 rings (SSSR count). The number of carbonyl (C=O) groups is 1. The summed E-state index contributed by atoms with van der Waals surface area (Å²) in [7, 11) is 0. The highest BCUT2D eigenvalue weighted by atomic mass is 79.9. The Morgan fingerprint density at radius 2 is 1.73 bits per heavy atom. The fourth-order valence-electron chi connectivity index (χ4n) is 2.10. The predicted octanol–water partition coefficient (Wildman–Crippen LogP) is 4.93. The third-order valence-corrected chi connectivity index (χ3v) is 4.36. The van der Waals surface area contributed by atoms with Crippen LogP contribution in [0.3, 0.4) is 0 Å². The summed E-state index contributed by atoms with van der Waals surface area (Å²) in [4.78, 5) is 12.0. The van der Waals surface area contributed by atoms with Gasteiger partial charge in [-0.25, -0.2) is 0 Å². The van der Waals surface area contributed by atoms with E-state index in [0.29, 0.717) is 5.92 Å². The van der Waals surface area contributed by atoms with Crippen molar-refractivity contribution < 1.29 is 4.79 Å². The molecule has 0 unspecified atom stereocenters. The topological polar surface area (TPSA) is 41.1 Å². The molecule has 0 spiro atoms. The fourth-order valence-corrected chi connectivity index (χ4v) is 2.34. The molecular weight excluding hydrogens is 340 g/mol. The van der Waals surface area contributed by atoms with Crippen LogP contribution in [0.2, 0.25) is 0 Å². The molecule has 0 bridgehead atoms. The van der Waals surface area contributed by atoms with Crippen LogP contribution >= 0.6 is 15.9 Å². The van der Waals surface area contributed by atoms with Gasteiger partial charge in [0.2, 0.25) is 5.91 Å². The average molecular weight is 361 g/mol. The van der Waals surface area contributed by atoms with Crippen molar-refractivity contribution in [1.82, 2.24) is 0 Å². The molecule has 4 heteroatoms. The van der Waals surface area contributed by atoms with Gasteiger partial charge in [-0.2, -0.15) is 0 Å². The van der Waals surface area contributed by atoms with E-state index in [2.05, 4.69) is 52.5 Å². The van der Waals surface area contributed by atoms with E-state index in [9.17, 15) is 4.79 Å². The second-order valence-electron chi connectivity index (χ2n) is 5.64. The van der Waals surface area contributed by atoms with Crippen LogP contribution in [0.1, 0.15) is 30.9 Å². The molecule has 2 aromatic carbocycles. The molecule has 3 nitrogen and oxygen atoms in total. The average Bonchev–Trinajstić information content (AvgIpc) is 2.49. The van der Waals surface area contributed by atoms with Crippen LogP contribution in [0.4, 0.5) is 11.4 Å². The molecule has 0 aliphatic heterocycles. The molecule has 22 heavy (non-hydrogen) atoms. The Morgan fingerprint density at radius 1 is 1.09 bits per heavy atom. The Hall–Kier alpha value is -1.81. The first-order valence-corrected chi connectivity index (χ1v) is 8.15. The van der Waals surface area contributed by atoms with Crippen molar-refractivity contribution in [2.75, 3.05) is 17.2 Å². The lowest BCUT2D eigenvalue weighted by atomic mass is 10.0. The number of hydrogen-bond donors (Lipinski definition) is 2. The van der Waals surface area contributed by atoms with E-state index in [4.69, 9.17) is 0 Å². The normalized spacial score (nSPS) is 10.6. The van der Waals surface area contributed by atoms with Crippen molar-refractivity contribution in [3.63, 3.8) is 0 Å². The highest BCUT2D eigenvalue weighted by Crippen LogP contribution is 2.20. The predicted molar refractivity (Wildman–Crippen MR) is 96.5 cm³/mol.